The van der Waals surface area contributed by atoms with E-state index in [1.54, 1.807) is 23.6 Å². The third kappa shape index (κ3) is 3.23. The second-order valence-corrected chi connectivity index (χ2v) is 6.97. The van der Waals surface area contributed by atoms with Crippen molar-refractivity contribution in [2.24, 2.45) is 0 Å². The van der Waals surface area contributed by atoms with Crippen LogP contribution in [0.25, 0.3) is 11.3 Å². The SMILES string of the molecule is Clc1ccc(Nc2nc(-c3ccc4c(c3)CCCC4)cs2)cn1. The van der Waals surface area contributed by atoms with Crippen molar-refractivity contribution in [3.8, 4) is 11.3 Å². The first-order chi connectivity index (χ1) is 11.3. The molecule has 1 aromatic carbocycles. The van der Waals surface area contributed by atoms with Gasteiger partial charge in [-0.1, -0.05) is 23.7 Å². The zero-order valence-corrected chi connectivity index (χ0v) is 14.1. The highest BCUT2D eigenvalue weighted by molar-refractivity contribution is 7.14. The Balaban J connectivity index is 1.56. The number of thiazole rings is 1. The average Bonchev–Trinajstić information content (AvgIpc) is 3.05. The van der Waals surface area contributed by atoms with Crippen molar-refractivity contribution >= 4 is 33.8 Å². The minimum atomic E-state index is 0.490. The molecular formula is C18H16ClN3S. The average molecular weight is 342 g/mol. The van der Waals surface area contributed by atoms with Crippen LogP contribution in [-0.2, 0) is 12.8 Å². The van der Waals surface area contributed by atoms with Gasteiger partial charge in [-0.25, -0.2) is 9.97 Å². The molecule has 2 aromatic heterocycles. The summed E-state index contributed by atoms with van der Waals surface area (Å²) in [7, 11) is 0. The minimum Gasteiger partial charge on any atom is -0.330 e. The number of benzene rings is 1. The summed E-state index contributed by atoms with van der Waals surface area (Å²) < 4.78 is 0. The predicted molar refractivity (Wildman–Crippen MR) is 96.7 cm³/mol. The third-order valence-corrected chi connectivity index (χ3v) is 5.11. The third-order valence-electron chi connectivity index (χ3n) is 4.13. The van der Waals surface area contributed by atoms with Crippen LogP contribution in [0.5, 0.6) is 0 Å². The minimum absolute atomic E-state index is 0.490. The maximum Gasteiger partial charge on any atom is 0.187 e. The molecule has 1 aliphatic carbocycles. The largest absolute Gasteiger partial charge is 0.330 e. The molecule has 0 radical (unpaired) electrons. The summed E-state index contributed by atoms with van der Waals surface area (Å²) in [5.41, 5.74) is 6.09. The number of halogens is 1. The summed E-state index contributed by atoms with van der Waals surface area (Å²) in [5.74, 6) is 0. The van der Waals surface area contributed by atoms with Crippen LogP contribution in [0.4, 0.5) is 10.8 Å². The van der Waals surface area contributed by atoms with E-state index in [1.165, 1.54) is 42.4 Å². The van der Waals surface area contributed by atoms with Crippen LogP contribution in [0, 0.1) is 0 Å². The predicted octanol–water partition coefficient (Wildman–Crippen LogP) is 5.48. The van der Waals surface area contributed by atoms with Gasteiger partial charge in [0.25, 0.3) is 0 Å². The summed E-state index contributed by atoms with van der Waals surface area (Å²) >= 11 is 7.40. The van der Waals surface area contributed by atoms with E-state index in [-0.39, 0.29) is 0 Å². The highest BCUT2D eigenvalue weighted by atomic mass is 35.5. The number of aryl methyl sites for hydroxylation is 2. The molecule has 3 aromatic rings. The zero-order chi connectivity index (χ0) is 15.6. The molecule has 0 bridgehead atoms. The van der Waals surface area contributed by atoms with Crippen LogP contribution in [0.2, 0.25) is 5.15 Å². The molecule has 0 spiro atoms. The second kappa shape index (κ2) is 6.30. The molecule has 3 nitrogen and oxygen atoms in total. The lowest BCUT2D eigenvalue weighted by molar-refractivity contribution is 0.686. The van der Waals surface area contributed by atoms with E-state index < -0.39 is 0 Å². The number of anilines is 2. The molecule has 1 N–H and O–H groups in total. The zero-order valence-electron chi connectivity index (χ0n) is 12.6. The van der Waals surface area contributed by atoms with Gasteiger partial charge in [-0.05, 0) is 55.0 Å². The molecular weight excluding hydrogens is 326 g/mol. The Bertz CT molecular complexity index is 827. The Kier molecular flexibility index (Phi) is 4.02. The van der Waals surface area contributed by atoms with Crippen molar-refractivity contribution < 1.29 is 0 Å². The Morgan fingerprint density at radius 2 is 1.91 bits per heavy atom. The fourth-order valence-electron chi connectivity index (χ4n) is 2.93. The van der Waals surface area contributed by atoms with Gasteiger partial charge in [-0.3, -0.25) is 0 Å². The molecule has 1 aliphatic rings. The number of nitrogens with zero attached hydrogens (tertiary/aromatic N) is 2. The molecule has 0 amide bonds. The first kappa shape index (κ1) is 14.7. The molecule has 2 heterocycles. The second-order valence-electron chi connectivity index (χ2n) is 5.72. The molecule has 0 atom stereocenters. The quantitative estimate of drug-likeness (QED) is 0.641. The summed E-state index contributed by atoms with van der Waals surface area (Å²) in [6, 6.07) is 10.4. The number of hydrogen-bond donors (Lipinski definition) is 1. The normalized spacial score (nSPS) is 13.6. The summed E-state index contributed by atoms with van der Waals surface area (Å²) in [6.45, 7) is 0. The van der Waals surface area contributed by atoms with Gasteiger partial charge >= 0.3 is 0 Å². The van der Waals surface area contributed by atoms with Gasteiger partial charge in [0, 0.05) is 10.9 Å². The lowest BCUT2D eigenvalue weighted by Crippen LogP contribution is -2.02. The molecule has 116 valence electrons. The van der Waals surface area contributed by atoms with Gasteiger partial charge in [-0.2, -0.15) is 0 Å². The number of aromatic nitrogens is 2. The number of fused-ring (bicyclic) bond motifs is 1. The lowest BCUT2D eigenvalue weighted by Gasteiger charge is -2.16. The van der Waals surface area contributed by atoms with Crippen molar-refractivity contribution in [3.63, 3.8) is 0 Å². The molecule has 4 rings (SSSR count). The van der Waals surface area contributed by atoms with E-state index in [1.807, 2.05) is 6.07 Å². The van der Waals surface area contributed by atoms with Gasteiger partial charge in [-0.15, -0.1) is 11.3 Å². The van der Waals surface area contributed by atoms with Crippen molar-refractivity contribution in [1.82, 2.24) is 9.97 Å². The Hall–Kier alpha value is -1.91. The molecule has 23 heavy (non-hydrogen) atoms. The maximum absolute atomic E-state index is 5.80. The highest BCUT2D eigenvalue weighted by Crippen LogP contribution is 2.30. The van der Waals surface area contributed by atoms with Crippen LogP contribution in [0.1, 0.15) is 24.0 Å². The number of pyridine rings is 1. The topological polar surface area (TPSA) is 37.8 Å². The van der Waals surface area contributed by atoms with Gasteiger partial charge in [0.15, 0.2) is 5.13 Å². The molecule has 0 aliphatic heterocycles. The van der Waals surface area contributed by atoms with E-state index in [0.29, 0.717) is 5.15 Å². The van der Waals surface area contributed by atoms with E-state index >= 15 is 0 Å². The van der Waals surface area contributed by atoms with Gasteiger partial charge in [0.1, 0.15) is 5.15 Å². The molecule has 5 heteroatoms. The van der Waals surface area contributed by atoms with Crippen LogP contribution in [0.15, 0.2) is 41.9 Å². The van der Waals surface area contributed by atoms with E-state index in [9.17, 15) is 0 Å². The molecule has 0 saturated carbocycles. The van der Waals surface area contributed by atoms with Crippen molar-refractivity contribution in [2.75, 3.05) is 5.32 Å². The van der Waals surface area contributed by atoms with Crippen molar-refractivity contribution in [2.45, 2.75) is 25.7 Å². The first-order valence-corrected chi connectivity index (χ1v) is 9.00. The van der Waals surface area contributed by atoms with Crippen molar-refractivity contribution in [1.29, 1.82) is 0 Å². The van der Waals surface area contributed by atoms with Crippen LogP contribution in [0.3, 0.4) is 0 Å². The fourth-order valence-corrected chi connectivity index (χ4v) is 3.78. The molecule has 0 saturated heterocycles. The Morgan fingerprint density at radius 1 is 1.04 bits per heavy atom. The first-order valence-electron chi connectivity index (χ1n) is 7.74. The van der Waals surface area contributed by atoms with Gasteiger partial charge in [0.05, 0.1) is 17.6 Å². The van der Waals surface area contributed by atoms with Crippen LogP contribution in [-0.4, -0.2) is 9.97 Å². The summed E-state index contributed by atoms with van der Waals surface area (Å²) in [5, 5.41) is 6.72. The monoisotopic (exact) mass is 341 g/mol. The van der Waals surface area contributed by atoms with Crippen LogP contribution < -0.4 is 5.32 Å². The molecule has 0 fully saturated rings. The Morgan fingerprint density at radius 3 is 2.74 bits per heavy atom. The van der Waals surface area contributed by atoms with Crippen LogP contribution >= 0.6 is 22.9 Å². The van der Waals surface area contributed by atoms with Gasteiger partial charge in [0.2, 0.25) is 0 Å². The van der Waals surface area contributed by atoms with E-state index in [2.05, 4.69) is 33.9 Å². The highest BCUT2D eigenvalue weighted by Gasteiger charge is 2.12. The number of rotatable bonds is 3. The fraction of sp³-hybridized carbons (Fsp3) is 0.222. The summed E-state index contributed by atoms with van der Waals surface area (Å²) in [4.78, 5) is 8.76. The summed E-state index contributed by atoms with van der Waals surface area (Å²) in [6.07, 6.45) is 6.72. The van der Waals surface area contributed by atoms with Gasteiger partial charge < -0.3 is 5.32 Å². The van der Waals surface area contributed by atoms with E-state index in [0.717, 1.165) is 16.5 Å². The smallest absolute Gasteiger partial charge is 0.187 e. The standard InChI is InChI=1S/C18H16ClN3S/c19-17-8-7-15(10-20-17)21-18-22-16(11-23-18)14-6-5-12-3-1-2-4-13(12)9-14/h5-11H,1-4H2,(H,21,22). The molecule has 0 unspecified atom stereocenters. The van der Waals surface area contributed by atoms with E-state index in [4.69, 9.17) is 16.6 Å². The maximum atomic E-state index is 5.80. The number of nitrogens with one attached hydrogen (secondary N) is 1. The van der Waals surface area contributed by atoms with Crippen molar-refractivity contribution in [3.05, 3.63) is 58.2 Å². The Labute approximate surface area is 144 Å². The number of hydrogen-bond acceptors (Lipinski definition) is 4. The lowest BCUT2D eigenvalue weighted by atomic mass is 9.90.